The van der Waals surface area contributed by atoms with Gasteiger partial charge in [0.25, 0.3) is 0 Å². The Bertz CT molecular complexity index is 1030. The summed E-state index contributed by atoms with van der Waals surface area (Å²) in [4.78, 5) is 5.52. The van der Waals surface area contributed by atoms with Gasteiger partial charge in [-0.1, -0.05) is 60.1 Å². The largest absolute Gasteiger partial charge is 0.378 e. The first-order valence-corrected chi connectivity index (χ1v) is 9.10. The SMILES string of the molecule is CN(C)c1ccc(C(c2ccccc2Cl)c2c[nH]c3ccccc23)cc1. The number of aromatic nitrogens is 1. The molecule has 1 N–H and O–H groups in total. The number of H-pyrrole nitrogens is 1. The molecule has 3 heteroatoms. The summed E-state index contributed by atoms with van der Waals surface area (Å²) in [5, 5.41) is 2.02. The van der Waals surface area contributed by atoms with Crippen molar-refractivity contribution in [1.29, 1.82) is 0 Å². The van der Waals surface area contributed by atoms with Crippen LogP contribution < -0.4 is 4.90 Å². The number of benzene rings is 3. The summed E-state index contributed by atoms with van der Waals surface area (Å²) >= 11 is 6.60. The maximum atomic E-state index is 6.60. The van der Waals surface area contributed by atoms with Crippen LogP contribution in [0.3, 0.4) is 0 Å². The summed E-state index contributed by atoms with van der Waals surface area (Å²) in [5.41, 5.74) is 5.92. The van der Waals surface area contributed by atoms with E-state index in [-0.39, 0.29) is 5.92 Å². The van der Waals surface area contributed by atoms with E-state index >= 15 is 0 Å². The van der Waals surface area contributed by atoms with Crippen molar-refractivity contribution in [1.82, 2.24) is 4.98 Å². The van der Waals surface area contributed by atoms with Crippen LogP contribution in [-0.4, -0.2) is 19.1 Å². The molecule has 0 aliphatic rings. The molecule has 130 valence electrons. The van der Waals surface area contributed by atoms with Gasteiger partial charge in [-0.2, -0.15) is 0 Å². The van der Waals surface area contributed by atoms with Crippen molar-refractivity contribution in [2.75, 3.05) is 19.0 Å². The van der Waals surface area contributed by atoms with E-state index in [9.17, 15) is 0 Å². The molecule has 0 saturated heterocycles. The Morgan fingerprint density at radius 1 is 0.808 bits per heavy atom. The number of rotatable bonds is 4. The standard InChI is InChI=1S/C23H21ClN2/c1-26(2)17-13-11-16(12-14-17)23(19-8-3-5-9-21(19)24)20-15-25-22-10-6-4-7-18(20)22/h3-15,23,25H,1-2H3. The molecule has 2 nitrogen and oxygen atoms in total. The van der Waals surface area contributed by atoms with Crippen LogP contribution in [0, 0.1) is 0 Å². The zero-order valence-corrected chi connectivity index (χ0v) is 15.7. The van der Waals surface area contributed by atoms with Crippen LogP contribution in [-0.2, 0) is 0 Å². The number of hydrogen-bond donors (Lipinski definition) is 1. The number of nitrogens with one attached hydrogen (secondary N) is 1. The van der Waals surface area contributed by atoms with E-state index in [0.717, 1.165) is 16.1 Å². The number of fused-ring (bicyclic) bond motifs is 1. The molecule has 1 aromatic heterocycles. The predicted molar refractivity (Wildman–Crippen MR) is 111 cm³/mol. The summed E-state index contributed by atoms with van der Waals surface area (Å²) in [5.74, 6) is 0.0797. The lowest BCUT2D eigenvalue weighted by Crippen LogP contribution is -2.09. The van der Waals surface area contributed by atoms with E-state index in [0.29, 0.717) is 0 Å². The van der Waals surface area contributed by atoms with Crippen LogP contribution in [0.5, 0.6) is 0 Å². The minimum absolute atomic E-state index is 0.0797. The van der Waals surface area contributed by atoms with Gasteiger partial charge in [-0.25, -0.2) is 0 Å². The molecule has 26 heavy (non-hydrogen) atoms. The maximum Gasteiger partial charge on any atom is 0.0457 e. The third-order valence-corrected chi connectivity index (χ3v) is 5.24. The van der Waals surface area contributed by atoms with Crippen molar-refractivity contribution >= 4 is 28.2 Å². The number of halogens is 1. The van der Waals surface area contributed by atoms with Gasteiger partial charge in [-0.3, -0.25) is 0 Å². The van der Waals surface area contributed by atoms with Crippen molar-refractivity contribution in [3.8, 4) is 0 Å². The first-order valence-electron chi connectivity index (χ1n) is 8.73. The van der Waals surface area contributed by atoms with Crippen LogP contribution in [0.2, 0.25) is 5.02 Å². The second-order valence-corrected chi connectivity index (χ2v) is 7.14. The van der Waals surface area contributed by atoms with Gasteiger partial charge in [0.05, 0.1) is 0 Å². The number of nitrogens with zero attached hydrogens (tertiary/aromatic N) is 1. The maximum absolute atomic E-state index is 6.60. The first kappa shape index (κ1) is 16.7. The zero-order chi connectivity index (χ0) is 18.1. The molecule has 4 aromatic rings. The third kappa shape index (κ3) is 2.97. The molecule has 1 heterocycles. The number of hydrogen-bond acceptors (Lipinski definition) is 1. The molecule has 0 spiro atoms. The fraction of sp³-hybridized carbons (Fsp3) is 0.130. The molecule has 0 saturated carbocycles. The minimum Gasteiger partial charge on any atom is -0.378 e. The highest BCUT2D eigenvalue weighted by atomic mass is 35.5. The second-order valence-electron chi connectivity index (χ2n) is 6.73. The van der Waals surface area contributed by atoms with E-state index in [2.05, 4.69) is 90.8 Å². The van der Waals surface area contributed by atoms with E-state index in [4.69, 9.17) is 11.6 Å². The highest BCUT2D eigenvalue weighted by molar-refractivity contribution is 6.31. The van der Waals surface area contributed by atoms with E-state index in [1.54, 1.807) is 0 Å². The van der Waals surface area contributed by atoms with E-state index in [1.807, 2.05) is 12.1 Å². The van der Waals surface area contributed by atoms with Gasteiger partial charge in [0, 0.05) is 47.8 Å². The van der Waals surface area contributed by atoms with Gasteiger partial charge < -0.3 is 9.88 Å². The van der Waals surface area contributed by atoms with Crippen molar-refractivity contribution in [3.63, 3.8) is 0 Å². The van der Waals surface area contributed by atoms with Gasteiger partial charge in [-0.15, -0.1) is 0 Å². The van der Waals surface area contributed by atoms with Crippen molar-refractivity contribution < 1.29 is 0 Å². The molecule has 0 aliphatic heterocycles. The van der Waals surface area contributed by atoms with Crippen LogP contribution in [0.15, 0.2) is 79.0 Å². The first-order chi connectivity index (χ1) is 12.6. The predicted octanol–water partition coefficient (Wildman–Crippen LogP) is 6.07. The van der Waals surface area contributed by atoms with E-state index < -0.39 is 0 Å². The van der Waals surface area contributed by atoms with Crippen molar-refractivity contribution in [3.05, 3.63) is 101 Å². The Morgan fingerprint density at radius 3 is 2.23 bits per heavy atom. The summed E-state index contributed by atoms with van der Waals surface area (Å²) < 4.78 is 0. The van der Waals surface area contributed by atoms with Crippen molar-refractivity contribution in [2.45, 2.75) is 5.92 Å². The lowest BCUT2D eigenvalue weighted by molar-refractivity contribution is 0.985. The van der Waals surface area contributed by atoms with Crippen LogP contribution in [0.4, 0.5) is 5.69 Å². The summed E-state index contributed by atoms with van der Waals surface area (Å²) in [6.45, 7) is 0. The average Bonchev–Trinajstić information content (AvgIpc) is 3.08. The smallest absolute Gasteiger partial charge is 0.0457 e. The molecule has 0 bridgehead atoms. The quantitative estimate of drug-likeness (QED) is 0.468. The second kappa shape index (κ2) is 6.89. The zero-order valence-electron chi connectivity index (χ0n) is 14.9. The normalized spacial score (nSPS) is 12.3. The van der Waals surface area contributed by atoms with Crippen molar-refractivity contribution in [2.24, 2.45) is 0 Å². The molecule has 0 radical (unpaired) electrons. The summed E-state index contributed by atoms with van der Waals surface area (Å²) in [6.07, 6.45) is 2.11. The van der Waals surface area contributed by atoms with E-state index in [1.165, 1.54) is 22.2 Å². The molecule has 4 rings (SSSR count). The van der Waals surface area contributed by atoms with Gasteiger partial charge in [-0.05, 0) is 41.0 Å². The summed E-state index contributed by atoms with van der Waals surface area (Å²) in [6, 6.07) is 25.2. The topological polar surface area (TPSA) is 19.0 Å². The molecular formula is C23H21ClN2. The van der Waals surface area contributed by atoms with Crippen LogP contribution in [0.1, 0.15) is 22.6 Å². The number of aromatic amines is 1. The summed E-state index contributed by atoms with van der Waals surface area (Å²) in [7, 11) is 4.11. The van der Waals surface area contributed by atoms with Gasteiger partial charge in [0.1, 0.15) is 0 Å². The Labute approximate surface area is 159 Å². The Morgan fingerprint density at radius 2 is 1.50 bits per heavy atom. The molecule has 1 unspecified atom stereocenters. The Hall–Kier alpha value is -2.71. The number of anilines is 1. The fourth-order valence-corrected chi connectivity index (χ4v) is 3.78. The number of para-hydroxylation sites is 1. The molecule has 0 aliphatic carbocycles. The van der Waals surface area contributed by atoms with Gasteiger partial charge >= 0.3 is 0 Å². The molecule has 0 fully saturated rings. The lowest BCUT2D eigenvalue weighted by Gasteiger charge is -2.21. The third-order valence-electron chi connectivity index (χ3n) is 4.89. The Kier molecular flexibility index (Phi) is 4.44. The van der Waals surface area contributed by atoms with Crippen LogP contribution in [0.25, 0.3) is 10.9 Å². The van der Waals surface area contributed by atoms with Gasteiger partial charge in [0.2, 0.25) is 0 Å². The molecule has 3 aromatic carbocycles. The fourth-order valence-electron chi connectivity index (χ4n) is 3.53. The van der Waals surface area contributed by atoms with Crippen LogP contribution >= 0.6 is 11.6 Å². The monoisotopic (exact) mass is 360 g/mol. The molecular weight excluding hydrogens is 340 g/mol. The minimum atomic E-state index is 0.0797. The average molecular weight is 361 g/mol. The highest BCUT2D eigenvalue weighted by Crippen LogP contribution is 2.39. The van der Waals surface area contributed by atoms with Gasteiger partial charge in [0.15, 0.2) is 0 Å². The highest BCUT2D eigenvalue weighted by Gasteiger charge is 2.22. The molecule has 1 atom stereocenters. The lowest BCUT2D eigenvalue weighted by atomic mass is 9.85. The Balaban J connectivity index is 1.92. The molecule has 0 amide bonds.